The minimum atomic E-state index is 0.0497. The molecule has 21 heavy (non-hydrogen) atoms. The third-order valence-electron chi connectivity index (χ3n) is 5.67. The first-order chi connectivity index (χ1) is 10.1. The standard InChI is InChI=1S/C18H29N3/c1-18(2,21-12-5-3-4-6-13-21)17(19)15-10-9-14-8-7-11-20-16(14)15/h7-8,11,15,17H,3-6,9-10,12-13,19H2,1-2H3. The highest BCUT2D eigenvalue weighted by Crippen LogP contribution is 2.38. The van der Waals surface area contributed by atoms with Gasteiger partial charge in [0.15, 0.2) is 0 Å². The molecule has 2 N–H and O–H groups in total. The third-order valence-corrected chi connectivity index (χ3v) is 5.67. The van der Waals surface area contributed by atoms with Crippen molar-refractivity contribution in [2.75, 3.05) is 13.1 Å². The molecule has 2 heterocycles. The number of nitrogens with zero attached hydrogens (tertiary/aromatic N) is 2. The van der Waals surface area contributed by atoms with Crippen molar-refractivity contribution >= 4 is 0 Å². The third kappa shape index (κ3) is 2.86. The molecule has 2 unspecified atom stereocenters. The van der Waals surface area contributed by atoms with Crippen LogP contribution in [0.5, 0.6) is 0 Å². The van der Waals surface area contributed by atoms with E-state index >= 15 is 0 Å². The van der Waals surface area contributed by atoms with Crippen LogP contribution in [0.3, 0.4) is 0 Å². The van der Waals surface area contributed by atoms with E-state index in [0.717, 1.165) is 12.8 Å². The summed E-state index contributed by atoms with van der Waals surface area (Å²) in [5, 5.41) is 0. The van der Waals surface area contributed by atoms with E-state index in [1.54, 1.807) is 0 Å². The minimum absolute atomic E-state index is 0.0497. The molecule has 3 rings (SSSR count). The fourth-order valence-corrected chi connectivity index (χ4v) is 4.14. The van der Waals surface area contributed by atoms with E-state index in [-0.39, 0.29) is 11.6 Å². The van der Waals surface area contributed by atoms with Crippen LogP contribution in [-0.2, 0) is 6.42 Å². The molecule has 2 aliphatic rings. The first-order valence-corrected chi connectivity index (χ1v) is 8.55. The highest BCUT2D eigenvalue weighted by Gasteiger charge is 2.41. The number of pyridine rings is 1. The van der Waals surface area contributed by atoms with Crippen molar-refractivity contribution < 1.29 is 0 Å². The summed E-state index contributed by atoms with van der Waals surface area (Å²) < 4.78 is 0. The number of rotatable bonds is 3. The normalized spacial score (nSPS) is 25.4. The van der Waals surface area contributed by atoms with Crippen LogP contribution < -0.4 is 5.73 Å². The summed E-state index contributed by atoms with van der Waals surface area (Å²) >= 11 is 0. The Hall–Kier alpha value is -0.930. The molecule has 2 atom stereocenters. The van der Waals surface area contributed by atoms with Crippen LogP contribution in [-0.4, -0.2) is 34.6 Å². The zero-order valence-corrected chi connectivity index (χ0v) is 13.5. The molecule has 0 radical (unpaired) electrons. The van der Waals surface area contributed by atoms with E-state index in [9.17, 15) is 0 Å². The Kier molecular flexibility index (Phi) is 4.32. The molecule has 0 aromatic carbocycles. The Bertz CT molecular complexity index is 475. The quantitative estimate of drug-likeness (QED) is 0.929. The maximum atomic E-state index is 6.77. The van der Waals surface area contributed by atoms with Crippen LogP contribution in [0.25, 0.3) is 0 Å². The van der Waals surface area contributed by atoms with Crippen molar-refractivity contribution in [3.63, 3.8) is 0 Å². The zero-order valence-electron chi connectivity index (χ0n) is 13.5. The summed E-state index contributed by atoms with van der Waals surface area (Å²) in [6.07, 6.45) is 9.59. The molecular weight excluding hydrogens is 258 g/mol. The van der Waals surface area contributed by atoms with E-state index < -0.39 is 0 Å². The minimum Gasteiger partial charge on any atom is -0.326 e. The SMILES string of the molecule is CC(C)(C(N)C1CCc2cccnc21)N1CCCCCC1. The second kappa shape index (κ2) is 6.05. The summed E-state index contributed by atoms with van der Waals surface area (Å²) in [7, 11) is 0. The fraction of sp³-hybridized carbons (Fsp3) is 0.722. The van der Waals surface area contributed by atoms with Crippen molar-refractivity contribution in [3.8, 4) is 0 Å². The molecule has 3 nitrogen and oxygen atoms in total. The molecule has 3 heteroatoms. The predicted molar refractivity (Wildman–Crippen MR) is 87.4 cm³/mol. The lowest BCUT2D eigenvalue weighted by molar-refractivity contribution is 0.0874. The average Bonchev–Trinajstić information content (AvgIpc) is 2.71. The van der Waals surface area contributed by atoms with Gasteiger partial charge in [-0.2, -0.15) is 0 Å². The second-order valence-corrected chi connectivity index (χ2v) is 7.27. The topological polar surface area (TPSA) is 42.1 Å². The van der Waals surface area contributed by atoms with Gasteiger partial charge >= 0.3 is 0 Å². The average molecular weight is 287 g/mol. The number of likely N-dealkylation sites (tertiary alicyclic amines) is 1. The predicted octanol–water partition coefficient (Wildman–Crippen LogP) is 3.09. The molecule has 0 saturated carbocycles. The Balaban J connectivity index is 1.79. The summed E-state index contributed by atoms with van der Waals surface area (Å²) in [6.45, 7) is 7.07. The van der Waals surface area contributed by atoms with Gasteiger partial charge in [0.1, 0.15) is 0 Å². The van der Waals surface area contributed by atoms with Crippen LogP contribution >= 0.6 is 0 Å². The molecule has 0 spiro atoms. The maximum absolute atomic E-state index is 6.77. The smallest absolute Gasteiger partial charge is 0.0482 e. The van der Waals surface area contributed by atoms with Gasteiger partial charge < -0.3 is 5.73 Å². The van der Waals surface area contributed by atoms with E-state index in [1.165, 1.54) is 50.0 Å². The Morgan fingerprint density at radius 3 is 2.67 bits per heavy atom. The molecule has 1 saturated heterocycles. The lowest BCUT2D eigenvalue weighted by Gasteiger charge is -2.44. The van der Waals surface area contributed by atoms with Gasteiger partial charge in [-0.05, 0) is 64.3 Å². The van der Waals surface area contributed by atoms with Crippen molar-refractivity contribution in [2.24, 2.45) is 5.73 Å². The second-order valence-electron chi connectivity index (χ2n) is 7.27. The van der Waals surface area contributed by atoms with Crippen LogP contribution in [0, 0.1) is 0 Å². The molecule has 1 fully saturated rings. The molecule has 1 aromatic heterocycles. The lowest BCUT2D eigenvalue weighted by Crippen LogP contribution is -2.58. The van der Waals surface area contributed by atoms with E-state index in [1.807, 2.05) is 12.3 Å². The number of aromatic nitrogens is 1. The largest absolute Gasteiger partial charge is 0.326 e. The van der Waals surface area contributed by atoms with Crippen molar-refractivity contribution in [1.29, 1.82) is 0 Å². The summed E-state index contributed by atoms with van der Waals surface area (Å²) in [5.74, 6) is 0.416. The van der Waals surface area contributed by atoms with Crippen LogP contribution in [0.2, 0.25) is 0 Å². The molecule has 0 amide bonds. The number of hydrogen-bond acceptors (Lipinski definition) is 3. The molecule has 0 bridgehead atoms. The monoisotopic (exact) mass is 287 g/mol. The molecule has 1 aromatic rings. The summed E-state index contributed by atoms with van der Waals surface area (Å²) in [5.41, 5.74) is 9.49. The van der Waals surface area contributed by atoms with E-state index in [2.05, 4.69) is 29.8 Å². The van der Waals surface area contributed by atoms with Crippen molar-refractivity contribution in [3.05, 3.63) is 29.6 Å². The fourth-order valence-electron chi connectivity index (χ4n) is 4.14. The van der Waals surface area contributed by atoms with Gasteiger partial charge in [0.2, 0.25) is 0 Å². The van der Waals surface area contributed by atoms with Crippen LogP contribution in [0.4, 0.5) is 0 Å². The number of fused-ring (bicyclic) bond motifs is 1. The lowest BCUT2D eigenvalue weighted by atomic mass is 9.82. The van der Waals surface area contributed by atoms with Gasteiger partial charge in [-0.25, -0.2) is 0 Å². The molecular formula is C18H29N3. The Morgan fingerprint density at radius 1 is 1.24 bits per heavy atom. The first-order valence-electron chi connectivity index (χ1n) is 8.55. The highest BCUT2D eigenvalue weighted by molar-refractivity contribution is 5.31. The highest BCUT2D eigenvalue weighted by atomic mass is 15.2. The van der Waals surface area contributed by atoms with Crippen molar-refractivity contribution in [2.45, 2.75) is 69.9 Å². The van der Waals surface area contributed by atoms with Crippen LogP contribution in [0.1, 0.15) is 63.1 Å². The van der Waals surface area contributed by atoms with Gasteiger partial charge in [0, 0.05) is 29.4 Å². The van der Waals surface area contributed by atoms with E-state index in [0.29, 0.717) is 5.92 Å². The molecule has 1 aliphatic carbocycles. The summed E-state index contributed by atoms with van der Waals surface area (Å²) in [4.78, 5) is 7.27. The van der Waals surface area contributed by atoms with Gasteiger partial charge in [0.25, 0.3) is 0 Å². The Labute approximate surface area is 128 Å². The maximum Gasteiger partial charge on any atom is 0.0482 e. The van der Waals surface area contributed by atoms with Gasteiger partial charge in [-0.3, -0.25) is 9.88 Å². The molecule has 1 aliphatic heterocycles. The van der Waals surface area contributed by atoms with Crippen molar-refractivity contribution in [1.82, 2.24) is 9.88 Å². The Morgan fingerprint density at radius 2 is 1.95 bits per heavy atom. The molecule has 116 valence electrons. The first kappa shape index (κ1) is 15.0. The van der Waals surface area contributed by atoms with Gasteiger partial charge in [-0.15, -0.1) is 0 Å². The number of nitrogens with two attached hydrogens (primary N) is 1. The zero-order chi connectivity index (χ0) is 14.9. The van der Waals surface area contributed by atoms with Crippen LogP contribution in [0.15, 0.2) is 18.3 Å². The summed E-state index contributed by atoms with van der Waals surface area (Å²) in [6, 6.07) is 4.42. The number of hydrogen-bond donors (Lipinski definition) is 1. The van der Waals surface area contributed by atoms with E-state index in [4.69, 9.17) is 5.73 Å². The van der Waals surface area contributed by atoms with Gasteiger partial charge in [0.05, 0.1) is 0 Å². The van der Waals surface area contributed by atoms with Gasteiger partial charge in [-0.1, -0.05) is 18.9 Å². The number of aryl methyl sites for hydroxylation is 1.